The lowest BCUT2D eigenvalue weighted by atomic mass is 9.75. The van der Waals surface area contributed by atoms with E-state index in [9.17, 15) is 24.6 Å². The Balaban J connectivity index is 1.35. The Morgan fingerprint density at radius 1 is 0.977 bits per heavy atom. The normalized spacial score (nSPS) is 24.1. The van der Waals surface area contributed by atoms with E-state index in [2.05, 4.69) is 10.6 Å². The summed E-state index contributed by atoms with van der Waals surface area (Å²) in [7, 11) is 0. The first-order chi connectivity index (χ1) is 21.4. The Bertz CT molecular complexity index is 1540. The molecule has 0 radical (unpaired) electrons. The number of carbonyl (C=O) groups is 3. The first-order valence-electron chi connectivity index (χ1n) is 15.1. The van der Waals surface area contributed by atoms with Crippen molar-refractivity contribution in [1.29, 1.82) is 0 Å². The molecule has 228 valence electrons. The fourth-order valence-electron chi connectivity index (χ4n) is 6.95. The van der Waals surface area contributed by atoms with Crippen molar-refractivity contribution in [3.63, 3.8) is 0 Å². The molecule has 0 bridgehead atoms. The van der Waals surface area contributed by atoms with E-state index in [0.29, 0.717) is 30.6 Å². The maximum absolute atomic E-state index is 14.6. The lowest BCUT2D eigenvalue weighted by Gasteiger charge is -2.40. The van der Waals surface area contributed by atoms with Crippen molar-refractivity contribution < 1.29 is 29.3 Å². The van der Waals surface area contributed by atoms with Crippen molar-refractivity contribution in [1.82, 2.24) is 15.5 Å². The van der Waals surface area contributed by atoms with Gasteiger partial charge in [0.25, 0.3) is 5.91 Å². The van der Waals surface area contributed by atoms with Gasteiger partial charge in [0, 0.05) is 49.2 Å². The second kappa shape index (κ2) is 12.6. The van der Waals surface area contributed by atoms with Crippen molar-refractivity contribution in [2.75, 3.05) is 19.8 Å². The minimum Gasteiger partial charge on any atom is -0.465 e. The van der Waals surface area contributed by atoms with Crippen molar-refractivity contribution >= 4 is 17.8 Å². The van der Waals surface area contributed by atoms with Crippen LogP contribution in [0.15, 0.2) is 96.7 Å². The number of ether oxygens (including phenoxy) is 1. The largest absolute Gasteiger partial charge is 0.465 e. The van der Waals surface area contributed by atoms with E-state index in [0.717, 1.165) is 16.7 Å². The molecule has 3 aromatic rings. The van der Waals surface area contributed by atoms with Gasteiger partial charge >= 0.3 is 6.09 Å². The molecule has 1 saturated heterocycles. The third kappa shape index (κ3) is 5.85. The third-order valence-electron chi connectivity index (χ3n) is 9.14. The number of fused-ring (bicyclic) bond motifs is 1. The van der Waals surface area contributed by atoms with Crippen LogP contribution in [0, 0.1) is 0 Å². The second-order valence-electron chi connectivity index (χ2n) is 11.9. The van der Waals surface area contributed by atoms with Gasteiger partial charge in [-0.25, -0.2) is 4.79 Å². The number of aliphatic hydroxyl groups is 1. The number of hydrogen-bond donors (Lipinski definition) is 4. The topological polar surface area (TPSA) is 128 Å². The van der Waals surface area contributed by atoms with E-state index in [1.54, 1.807) is 18.3 Å². The molecular weight excluding hydrogens is 558 g/mol. The molecule has 9 heteroatoms. The van der Waals surface area contributed by atoms with Crippen LogP contribution in [0.2, 0.25) is 0 Å². The summed E-state index contributed by atoms with van der Waals surface area (Å²) < 4.78 is 5.54. The second-order valence-corrected chi connectivity index (χ2v) is 11.9. The Hall–Kier alpha value is -4.47. The molecule has 2 amide bonds. The van der Waals surface area contributed by atoms with Crippen LogP contribution in [0.4, 0.5) is 4.79 Å². The minimum atomic E-state index is -1.22. The van der Waals surface area contributed by atoms with Crippen LogP contribution >= 0.6 is 0 Å². The van der Waals surface area contributed by atoms with Crippen LogP contribution in [-0.2, 0) is 22.4 Å². The quantitative estimate of drug-likeness (QED) is 0.282. The summed E-state index contributed by atoms with van der Waals surface area (Å²) in [6.45, 7) is 0.993. The molecule has 0 saturated carbocycles. The van der Waals surface area contributed by atoms with E-state index >= 15 is 0 Å². The molecular formula is C35H37N3O6. The zero-order valence-corrected chi connectivity index (χ0v) is 24.4. The molecule has 3 heterocycles. The summed E-state index contributed by atoms with van der Waals surface area (Å²) in [4.78, 5) is 41.2. The molecule has 6 rings (SSSR count). The highest BCUT2D eigenvalue weighted by molar-refractivity contribution is 6.07. The fraction of sp³-hybridized carbons (Fsp3) is 0.343. The summed E-state index contributed by atoms with van der Waals surface area (Å²) in [6.07, 6.45) is 0.508. The van der Waals surface area contributed by atoms with Gasteiger partial charge in [0.15, 0.2) is 5.78 Å². The molecule has 3 aliphatic heterocycles. The summed E-state index contributed by atoms with van der Waals surface area (Å²) in [6, 6.07) is 25.2. The molecule has 0 spiro atoms. The van der Waals surface area contributed by atoms with Gasteiger partial charge in [-0.05, 0) is 35.6 Å². The van der Waals surface area contributed by atoms with Crippen molar-refractivity contribution in [3.8, 4) is 0 Å². The smallest absolute Gasteiger partial charge is 0.407 e. The number of nitrogens with one attached hydrogen (secondary N) is 2. The highest BCUT2D eigenvalue weighted by atomic mass is 16.5. The predicted molar refractivity (Wildman–Crippen MR) is 164 cm³/mol. The summed E-state index contributed by atoms with van der Waals surface area (Å²) >= 11 is 0. The average Bonchev–Trinajstić information content (AvgIpc) is 3.67. The van der Waals surface area contributed by atoms with Gasteiger partial charge in [-0.3, -0.25) is 14.5 Å². The maximum atomic E-state index is 14.6. The Labute approximate surface area is 256 Å². The van der Waals surface area contributed by atoms with Gasteiger partial charge in [0.2, 0.25) is 0 Å². The lowest BCUT2D eigenvalue weighted by Crippen LogP contribution is -2.58. The highest BCUT2D eigenvalue weighted by Crippen LogP contribution is 2.39. The van der Waals surface area contributed by atoms with E-state index < -0.39 is 29.8 Å². The van der Waals surface area contributed by atoms with Crippen LogP contribution in [-0.4, -0.2) is 76.4 Å². The van der Waals surface area contributed by atoms with Gasteiger partial charge in [-0.2, -0.15) is 0 Å². The van der Waals surface area contributed by atoms with Crippen LogP contribution in [0.5, 0.6) is 0 Å². The monoisotopic (exact) mass is 595 g/mol. The van der Waals surface area contributed by atoms with Crippen molar-refractivity contribution in [2.45, 2.75) is 55.3 Å². The maximum Gasteiger partial charge on any atom is 0.407 e. The Kier molecular flexibility index (Phi) is 8.50. The lowest BCUT2D eigenvalue weighted by molar-refractivity contribution is -0.122. The zero-order valence-electron chi connectivity index (χ0n) is 24.4. The first-order valence-corrected chi connectivity index (χ1v) is 15.1. The molecule has 1 fully saturated rings. The van der Waals surface area contributed by atoms with Crippen LogP contribution in [0.1, 0.15) is 45.8 Å². The fourth-order valence-corrected chi connectivity index (χ4v) is 6.95. The molecule has 3 aromatic carbocycles. The van der Waals surface area contributed by atoms with Crippen LogP contribution < -0.4 is 10.6 Å². The summed E-state index contributed by atoms with van der Waals surface area (Å²) in [5.74, 6) is -0.693. The molecule has 3 aliphatic rings. The van der Waals surface area contributed by atoms with Gasteiger partial charge in [0.1, 0.15) is 5.54 Å². The number of rotatable bonds is 10. The Morgan fingerprint density at radius 3 is 2.34 bits per heavy atom. The van der Waals surface area contributed by atoms with Crippen molar-refractivity contribution in [3.05, 3.63) is 119 Å². The molecule has 9 nitrogen and oxygen atoms in total. The average molecular weight is 596 g/mol. The predicted octanol–water partition coefficient (Wildman–Crippen LogP) is 3.68. The Morgan fingerprint density at radius 2 is 1.66 bits per heavy atom. The number of carboxylic acid groups (broad SMARTS) is 1. The number of aliphatic hydroxyl groups excluding tert-OH is 1. The molecule has 0 aromatic heterocycles. The molecule has 0 unspecified atom stereocenters. The van der Waals surface area contributed by atoms with E-state index in [1.165, 1.54) is 4.90 Å². The van der Waals surface area contributed by atoms with Gasteiger partial charge in [-0.15, -0.1) is 0 Å². The van der Waals surface area contributed by atoms with Gasteiger partial charge in [-0.1, -0.05) is 78.9 Å². The molecule has 44 heavy (non-hydrogen) atoms. The van der Waals surface area contributed by atoms with E-state index in [-0.39, 0.29) is 43.6 Å². The minimum absolute atomic E-state index is 0.0175. The summed E-state index contributed by atoms with van der Waals surface area (Å²) in [5.41, 5.74) is 2.42. The number of nitrogens with zero attached hydrogens (tertiary/aromatic N) is 1. The standard InChI is InChI=1S/C35H37N3O6/c39-31(30(17-23-9-3-1-4-10-23)38(34(42)43)25-15-16-44-22-25)19-35(18-24-11-5-2-6-12-24)32(40)29(21-37-35)28-20-36-33(41)27-14-8-7-13-26(27)28/h1-14,21,25,28,30-31,37,39H,15-20,22H2,(H,36,41)(H,42,43)/t25-,28+,30-,31-,35-/m0/s1. The first kappa shape index (κ1) is 29.6. The number of hydrogen-bond acceptors (Lipinski definition) is 6. The number of carbonyl (C=O) groups excluding carboxylic acids is 2. The SMILES string of the molecule is O=C1NC[C@@H](C2=CN[C@@](Cc3ccccc3)(C[C@H](O)[C@H](Cc3ccccc3)N(C(=O)O)[C@H]3CCOC3)C2=O)c2ccccc21. The number of benzene rings is 3. The van der Waals surface area contributed by atoms with Gasteiger partial charge in [0.05, 0.1) is 24.8 Å². The summed E-state index contributed by atoms with van der Waals surface area (Å²) in [5, 5.41) is 28.7. The van der Waals surface area contributed by atoms with E-state index in [4.69, 9.17) is 4.74 Å². The zero-order chi connectivity index (χ0) is 30.7. The van der Waals surface area contributed by atoms with Crippen LogP contribution in [0.3, 0.4) is 0 Å². The number of amides is 2. The van der Waals surface area contributed by atoms with Crippen LogP contribution in [0.25, 0.3) is 0 Å². The number of ketones is 1. The number of Topliss-reactive ketones (excluding diaryl/α,β-unsaturated/α-hetero) is 1. The molecule has 4 N–H and O–H groups in total. The van der Waals surface area contributed by atoms with Gasteiger partial charge < -0.3 is 25.6 Å². The van der Waals surface area contributed by atoms with E-state index in [1.807, 2.05) is 72.8 Å². The third-order valence-corrected chi connectivity index (χ3v) is 9.14. The highest BCUT2D eigenvalue weighted by Gasteiger charge is 2.49. The molecule has 0 aliphatic carbocycles. The molecule has 5 atom stereocenters. The van der Waals surface area contributed by atoms with Crippen molar-refractivity contribution in [2.24, 2.45) is 0 Å².